The van der Waals surface area contributed by atoms with E-state index in [9.17, 15) is 4.79 Å². The predicted molar refractivity (Wildman–Crippen MR) is 53.4 cm³/mol. The van der Waals surface area contributed by atoms with Crippen molar-refractivity contribution in [3.8, 4) is 0 Å². The number of benzene rings is 1. The molecule has 0 radical (unpaired) electrons. The van der Waals surface area contributed by atoms with E-state index < -0.39 is 12.0 Å². The van der Waals surface area contributed by atoms with E-state index in [1.807, 2.05) is 19.1 Å². The Morgan fingerprint density at radius 1 is 1.62 bits per heavy atom. The summed E-state index contributed by atoms with van der Waals surface area (Å²) in [7, 11) is 0. The number of carboxylic acid groups (broad SMARTS) is 1. The fourth-order valence-electron chi connectivity index (χ4n) is 1.16. The molecule has 1 atom stereocenters. The third-order valence-corrected chi connectivity index (χ3v) is 2.54. The molecular weight excluding hydrogens is 234 g/mol. The molecule has 13 heavy (non-hydrogen) atoms. The van der Waals surface area contributed by atoms with Crippen LogP contribution in [0.4, 0.5) is 0 Å². The van der Waals surface area contributed by atoms with Gasteiger partial charge < -0.3 is 10.8 Å². The summed E-state index contributed by atoms with van der Waals surface area (Å²) in [4.78, 5) is 10.7. The van der Waals surface area contributed by atoms with Crippen LogP contribution in [-0.4, -0.2) is 11.1 Å². The van der Waals surface area contributed by atoms with Crippen LogP contribution < -0.4 is 5.73 Å². The molecule has 0 aliphatic heterocycles. The molecule has 0 fully saturated rings. The second-order valence-electron chi connectivity index (χ2n) is 2.79. The van der Waals surface area contributed by atoms with E-state index in [0.717, 1.165) is 10.0 Å². The molecule has 0 aliphatic carbocycles. The molecular formula is C9H10BrNO2. The van der Waals surface area contributed by atoms with Gasteiger partial charge in [0.05, 0.1) is 0 Å². The number of aryl methyl sites for hydroxylation is 1. The van der Waals surface area contributed by atoms with Crippen LogP contribution in [0, 0.1) is 6.92 Å². The fourth-order valence-corrected chi connectivity index (χ4v) is 1.87. The molecule has 1 aromatic carbocycles. The molecule has 70 valence electrons. The van der Waals surface area contributed by atoms with Gasteiger partial charge in [0.25, 0.3) is 0 Å². The first kappa shape index (κ1) is 10.2. The first-order valence-corrected chi connectivity index (χ1v) is 4.56. The van der Waals surface area contributed by atoms with Crippen molar-refractivity contribution in [2.45, 2.75) is 13.0 Å². The van der Waals surface area contributed by atoms with Crippen molar-refractivity contribution in [2.75, 3.05) is 0 Å². The standard InChI is InChI=1S/C9H10BrNO2/c1-5-3-2-4-6(10)7(5)8(11)9(12)13/h2-4,8H,11H2,1H3,(H,12,13)/t8-/m0/s1. The van der Waals surface area contributed by atoms with Gasteiger partial charge in [-0.25, -0.2) is 0 Å². The SMILES string of the molecule is Cc1cccc(Br)c1[C@H](N)C(=O)O. The molecule has 0 unspecified atom stereocenters. The Kier molecular flexibility index (Phi) is 3.06. The van der Waals surface area contributed by atoms with Crippen molar-refractivity contribution in [1.29, 1.82) is 0 Å². The van der Waals surface area contributed by atoms with Gasteiger partial charge in [-0.05, 0) is 24.1 Å². The Morgan fingerprint density at radius 3 is 2.69 bits per heavy atom. The Balaban J connectivity index is 3.20. The number of carbonyl (C=O) groups is 1. The fraction of sp³-hybridized carbons (Fsp3) is 0.222. The van der Waals surface area contributed by atoms with Crippen LogP contribution in [0.3, 0.4) is 0 Å². The maximum Gasteiger partial charge on any atom is 0.325 e. The zero-order valence-electron chi connectivity index (χ0n) is 7.12. The van der Waals surface area contributed by atoms with E-state index in [1.165, 1.54) is 0 Å². The molecule has 0 aromatic heterocycles. The molecule has 0 saturated carbocycles. The van der Waals surface area contributed by atoms with Crippen molar-refractivity contribution < 1.29 is 9.90 Å². The van der Waals surface area contributed by atoms with Crippen molar-refractivity contribution in [3.05, 3.63) is 33.8 Å². The zero-order chi connectivity index (χ0) is 10.0. The van der Waals surface area contributed by atoms with E-state index in [1.54, 1.807) is 6.07 Å². The van der Waals surface area contributed by atoms with Crippen molar-refractivity contribution >= 4 is 21.9 Å². The van der Waals surface area contributed by atoms with Crippen LogP contribution in [-0.2, 0) is 4.79 Å². The maximum absolute atomic E-state index is 10.7. The summed E-state index contributed by atoms with van der Waals surface area (Å²) < 4.78 is 0.738. The Morgan fingerprint density at radius 2 is 2.23 bits per heavy atom. The zero-order valence-corrected chi connectivity index (χ0v) is 8.71. The van der Waals surface area contributed by atoms with E-state index in [0.29, 0.717) is 5.56 Å². The molecule has 1 rings (SSSR count). The Labute approximate surface area is 84.7 Å². The van der Waals surface area contributed by atoms with Gasteiger partial charge in [-0.2, -0.15) is 0 Å². The highest BCUT2D eigenvalue weighted by atomic mass is 79.9. The highest BCUT2D eigenvalue weighted by Gasteiger charge is 2.18. The first-order valence-electron chi connectivity index (χ1n) is 3.77. The molecule has 3 N–H and O–H groups in total. The number of hydrogen-bond donors (Lipinski definition) is 2. The van der Waals surface area contributed by atoms with Gasteiger partial charge in [0.15, 0.2) is 0 Å². The van der Waals surface area contributed by atoms with Gasteiger partial charge in [-0.3, -0.25) is 4.79 Å². The lowest BCUT2D eigenvalue weighted by Gasteiger charge is -2.11. The number of halogens is 1. The van der Waals surface area contributed by atoms with Gasteiger partial charge in [-0.1, -0.05) is 28.1 Å². The minimum atomic E-state index is -1.02. The molecule has 3 nitrogen and oxygen atoms in total. The minimum Gasteiger partial charge on any atom is -0.480 e. The van der Waals surface area contributed by atoms with Gasteiger partial charge >= 0.3 is 5.97 Å². The predicted octanol–water partition coefficient (Wildman–Crippen LogP) is 1.84. The summed E-state index contributed by atoms with van der Waals surface area (Å²) in [5.74, 6) is -1.02. The monoisotopic (exact) mass is 243 g/mol. The maximum atomic E-state index is 10.7. The minimum absolute atomic E-state index is 0.634. The lowest BCUT2D eigenvalue weighted by atomic mass is 10.0. The largest absolute Gasteiger partial charge is 0.480 e. The second kappa shape index (κ2) is 3.89. The summed E-state index contributed by atoms with van der Waals surface area (Å²) in [5.41, 5.74) is 7.02. The van der Waals surface area contributed by atoms with Crippen molar-refractivity contribution in [3.63, 3.8) is 0 Å². The Bertz CT molecular complexity index is 318. The van der Waals surface area contributed by atoms with Gasteiger partial charge in [0, 0.05) is 4.47 Å². The summed E-state index contributed by atoms with van der Waals surface area (Å²) >= 11 is 3.27. The summed E-state index contributed by atoms with van der Waals surface area (Å²) in [6.07, 6.45) is 0. The highest BCUT2D eigenvalue weighted by Crippen LogP contribution is 2.25. The first-order chi connectivity index (χ1) is 6.04. The van der Waals surface area contributed by atoms with Crippen LogP contribution in [0.25, 0.3) is 0 Å². The lowest BCUT2D eigenvalue weighted by Crippen LogP contribution is -2.22. The van der Waals surface area contributed by atoms with Crippen LogP contribution >= 0.6 is 15.9 Å². The van der Waals surface area contributed by atoms with Gasteiger partial charge in [-0.15, -0.1) is 0 Å². The normalized spacial score (nSPS) is 12.5. The van der Waals surface area contributed by atoms with Gasteiger partial charge in [0.1, 0.15) is 6.04 Å². The van der Waals surface area contributed by atoms with Crippen molar-refractivity contribution in [2.24, 2.45) is 5.73 Å². The Hall–Kier alpha value is -0.870. The molecule has 0 spiro atoms. The molecule has 0 bridgehead atoms. The second-order valence-corrected chi connectivity index (χ2v) is 3.64. The number of nitrogens with two attached hydrogens (primary N) is 1. The summed E-state index contributed by atoms with van der Waals surface area (Å²) in [6.45, 7) is 1.84. The van der Waals surface area contributed by atoms with E-state index >= 15 is 0 Å². The molecule has 4 heteroatoms. The van der Waals surface area contributed by atoms with Crippen LogP contribution in [0.5, 0.6) is 0 Å². The average molecular weight is 244 g/mol. The number of carboxylic acids is 1. The third-order valence-electron chi connectivity index (χ3n) is 1.85. The molecule has 0 saturated heterocycles. The van der Waals surface area contributed by atoms with E-state index in [-0.39, 0.29) is 0 Å². The average Bonchev–Trinajstić information content (AvgIpc) is 2.03. The topological polar surface area (TPSA) is 63.3 Å². The van der Waals surface area contributed by atoms with Crippen LogP contribution in [0.1, 0.15) is 17.2 Å². The third kappa shape index (κ3) is 2.08. The molecule has 0 heterocycles. The molecule has 1 aromatic rings. The quantitative estimate of drug-likeness (QED) is 0.834. The van der Waals surface area contributed by atoms with E-state index in [2.05, 4.69) is 15.9 Å². The summed E-state index contributed by atoms with van der Waals surface area (Å²) in [6, 6.07) is 4.50. The number of aliphatic carboxylic acids is 1. The molecule has 0 aliphatic rings. The van der Waals surface area contributed by atoms with Crippen LogP contribution in [0.15, 0.2) is 22.7 Å². The van der Waals surface area contributed by atoms with Crippen molar-refractivity contribution in [1.82, 2.24) is 0 Å². The van der Waals surface area contributed by atoms with Gasteiger partial charge in [0.2, 0.25) is 0 Å². The van der Waals surface area contributed by atoms with Crippen LogP contribution in [0.2, 0.25) is 0 Å². The lowest BCUT2D eigenvalue weighted by molar-refractivity contribution is -0.138. The number of hydrogen-bond acceptors (Lipinski definition) is 2. The number of rotatable bonds is 2. The highest BCUT2D eigenvalue weighted by molar-refractivity contribution is 9.10. The van der Waals surface area contributed by atoms with E-state index in [4.69, 9.17) is 10.8 Å². The summed E-state index contributed by atoms with van der Waals surface area (Å²) in [5, 5.41) is 8.74. The molecule has 0 amide bonds. The smallest absolute Gasteiger partial charge is 0.325 e.